The molecule has 2 aromatic heterocycles. The molecule has 0 saturated heterocycles. The molecule has 0 radical (unpaired) electrons. The molecule has 0 atom stereocenters. The topological polar surface area (TPSA) is 67.5 Å². The molecule has 0 amide bonds. The van der Waals surface area contributed by atoms with Gasteiger partial charge in [-0.1, -0.05) is 29.8 Å². The van der Waals surface area contributed by atoms with Gasteiger partial charge in [0.1, 0.15) is 12.0 Å². The second-order valence-electron chi connectivity index (χ2n) is 4.71. The van der Waals surface area contributed by atoms with Crippen molar-refractivity contribution in [1.82, 2.24) is 14.4 Å². The average molecular weight is 267 g/mol. The molecule has 0 unspecified atom stereocenters. The van der Waals surface area contributed by atoms with Crippen LogP contribution in [0.4, 0.5) is 0 Å². The number of carboxylic acid groups (broad SMARTS) is 1. The van der Waals surface area contributed by atoms with Crippen molar-refractivity contribution in [2.45, 2.75) is 13.3 Å². The Morgan fingerprint density at radius 2 is 2.05 bits per heavy atom. The zero-order chi connectivity index (χ0) is 14.1. The highest BCUT2D eigenvalue weighted by Crippen LogP contribution is 2.19. The highest BCUT2D eigenvalue weighted by Gasteiger charge is 2.07. The first-order valence-corrected chi connectivity index (χ1v) is 6.24. The summed E-state index contributed by atoms with van der Waals surface area (Å²) in [6.07, 6.45) is 3.26. The lowest BCUT2D eigenvalue weighted by atomic mass is 10.1. The molecule has 0 aliphatic rings. The van der Waals surface area contributed by atoms with Crippen LogP contribution in [0.3, 0.4) is 0 Å². The van der Waals surface area contributed by atoms with Gasteiger partial charge < -0.3 is 5.11 Å². The van der Waals surface area contributed by atoms with E-state index in [0.29, 0.717) is 11.3 Å². The molecule has 5 heteroatoms. The van der Waals surface area contributed by atoms with Crippen LogP contribution in [0.15, 0.2) is 42.9 Å². The van der Waals surface area contributed by atoms with Gasteiger partial charge in [-0.3, -0.25) is 9.20 Å². The van der Waals surface area contributed by atoms with Gasteiger partial charge in [0.2, 0.25) is 0 Å². The number of carbonyl (C=O) groups is 1. The molecular formula is C15H13N3O2. The predicted octanol–water partition coefficient (Wildman–Crippen LogP) is 2.33. The van der Waals surface area contributed by atoms with Crippen molar-refractivity contribution in [3.63, 3.8) is 0 Å². The normalized spacial score (nSPS) is 10.8. The van der Waals surface area contributed by atoms with Crippen molar-refractivity contribution in [1.29, 1.82) is 0 Å². The predicted molar refractivity (Wildman–Crippen MR) is 74.5 cm³/mol. The van der Waals surface area contributed by atoms with Crippen molar-refractivity contribution in [3.05, 3.63) is 54.1 Å². The SMILES string of the molecule is Cc1ccc(-c2cc3nc(CC(=O)O)cn3cn2)cc1. The summed E-state index contributed by atoms with van der Waals surface area (Å²) in [5.74, 6) is -0.889. The van der Waals surface area contributed by atoms with Gasteiger partial charge in [0.25, 0.3) is 0 Å². The fourth-order valence-electron chi connectivity index (χ4n) is 2.07. The van der Waals surface area contributed by atoms with Crippen molar-refractivity contribution >= 4 is 11.6 Å². The molecule has 0 bridgehead atoms. The van der Waals surface area contributed by atoms with Gasteiger partial charge in [-0.2, -0.15) is 0 Å². The van der Waals surface area contributed by atoms with E-state index < -0.39 is 5.97 Å². The molecule has 1 aromatic carbocycles. The Bertz CT molecular complexity index is 775. The van der Waals surface area contributed by atoms with E-state index in [0.717, 1.165) is 11.3 Å². The van der Waals surface area contributed by atoms with Crippen LogP contribution in [0, 0.1) is 6.92 Å². The molecule has 3 aromatic rings. The Balaban J connectivity index is 2.01. The summed E-state index contributed by atoms with van der Waals surface area (Å²) in [5.41, 5.74) is 4.26. The number of nitrogens with zero attached hydrogens (tertiary/aromatic N) is 3. The maximum atomic E-state index is 10.7. The smallest absolute Gasteiger partial charge is 0.309 e. The number of imidazole rings is 1. The monoisotopic (exact) mass is 267 g/mol. The largest absolute Gasteiger partial charge is 0.481 e. The molecule has 0 spiro atoms. The lowest BCUT2D eigenvalue weighted by molar-refractivity contribution is -0.136. The number of benzene rings is 1. The number of hydrogen-bond acceptors (Lipinski definition) is 3. The fraction of sp³-hybridized carbons (Fsp3) is 0.133. The zero-order valence-electron chi connectivity index (χ0n) is 10.9. The third-order valence-corrected chi connectivity index (χ3v) is 3.08. The zero-order valence-corrected chi connectivity index (χ0v) is 10.9. The summed E-state index contributed by atoms with van der Waals surface area (Å²) < 4.78 is 1.73. The quantitative estimate of drug-likeness (QED) is 0.790. The first kappa shape index (κ1) is 12.3. The summed E-state index contributed by atoms with van der Waals surface area (Å²) in [7, 11) is 0. The van der Waals surface area contributed by atoms with Crippen molar-refractivity contribution in [3.8, 4) is 11.3 Å². The van der Waals surface area contributed by atoms with Gasteiger partial charge in [0, 0.05) is 17.8 Å². The number of fused-ring (bicyclic) bond motifs is 1. The van der Waals surface area contributed by atoms with Crippen LogP contribution < -0.4 is 0 Å². The highest BCUT2D eigenvalue weighted by atomic mass is 16.4. The molecule has 5 nitrogen and oxygen atoms in total. The molecule has 0 aliphatic carbocycles. The Kier molecular flexibility index (Phi) is 2.95. The van der Waals surface area contributed by atoms with Crippen LogP contribution in [0.1, 0.15) is 11.3 Å². The fourth-order valence-corrected chi connectivity index (χ4v) is 2.07. The second kappa shape index (κ2) is 4.77. The Morgan fingerprint density at radius 3 is 2.75 bits per heavy atom. The van der Waals surface area contributed by atoms with Crippen LogP contribution in [-0.4, -0.2) is 25.4 Å². The van der Waals surface area contributed by atoms with E-state index in [1.165, 1.54) is 5.56 Å². The number of aryl methyl sites for hydroxylation is 1. The summed E-state index contributed by atoms with van der Waals surface area (Å²) in [6, 6.07) is 9.94. The van der Waals surface area contributed by atoms with Gasteiger partial charge in [-0.25, -0.2) is 9.97 Å². The van der Waals surface area contributed by atoms with Gasteiger partial charge in [-0.15, -0.1) is 0 Å². The molecular weight excluding hydrogens is 254 g/mol. The van der Waals surface area contributed by atoms with Crippen molar-refractivity contribution < 1.29 is 9.90 Å². The van der Waals surface area contributed by atoms with E-state index >= 15 is 0 Å². The number of rotatable bonds is 3. The van der Waals surface area contributed by atoms with Crippen LogP contribution in [0.5, 0.6) is 0 Å². The number of aliphatic carboxylic acids is 1. The Labute approximate surface area is 115 Å². The van der Waals surface area contributed by atoms with Crippen LogP contribution in [-0.2, 0) is 11.2 Å². The van der Waals surface area contributed by atoms with Crippen molar-refractivity contribution in [2.75, 3.05) is 0 Å². The maximum Gasteiger partial charge on any atom is 0.309 e. The summed E-state index contributed by atoms with van der Waals surface area (Å²) in [6.45, 7) is 2.03. The van der Waals surface area contributed by atoms with E-state index in [9.17, 15) is 4.79 Å². The number of carboxylic acids is 1. The summed E-state index contributed by atoms with van der Waals surface area (Å²) in [4.78, 5) is 19.4. The van der Waals surface area contributed by atoms with Gasteiger partial charge in [0.05, 0.1) is 17.8 Å². The minimum Gasteiger partial charge on any atom is -0.481 e. The Morgan fingerprint density at radius 1 is 1.30 bits per heavy atom. The molecule has 0 aliphatic heterocycles. The van der Waals surface area contributed by atoms with Gasteiger partial charge in [0.15, 0.2) is 0 Å². The van der Waals surface area contributed by atoms with E-state index in [1.54, 1.807) is 16.9 Å². The van der Waals surface area contributed by atoms with E-state index in [1.807, 2.05) is 37.3 Å². The molecule has 3 rings (SSSR count). The van der Waals surface area contributed by atoms with E-state index in [2.05, 4.69) is 9.97 Å². The van der Waals surface area contributed by atoms with Crippen LogP contribution in [0.25, 0.3) is 16.9 Å². The lowest BCUT2D eigenvalue weighted by Gasteiger charge is -2.01. The number of aromatic nitrogens is 3. The second-order valence-corrected chi connectivity index (χ2v) is 4.71. The molecule has 1 N–H and O–H groups in total. The summed E-state index contributed by atoms with van der Waals surface area (Å²) >= 11 is 0. The van der Waals surface area contributed by atoms with Crippen LogP contribution >= 0.6 is 0 Å². The average Bonchev–Trinajstić information content (AvgIpc) is 2.79. The Hall–Kier alpha value is -2.69. The van der Waals surface area contributed by atoms with E-state index in [4.69, 9.17) is 5.11 Å². The van der Waals surface area contributed by atoms with Crippen LogP contribution in [0.2, 0.25) is 0 Å². The third kappa shape index (κ3) is 2.38. The third-order valence-electron chi connectivity index (χ3n) is 3.08. The number of hydrogen-bond donors (Lipinski definition) is 1. The summed E-state index contributed by atoms with van der Waals surface area (Å²) in [5, 5.41) is 8.79. The standard InChI is InChI=1S/C15H13N3O2/c1-10-2-4-11(5-3-10)13-7-14-17-12(6-15(19)20)8-18(14)9-16-13/h2-5,7-9H,6H2,1H3,(H,19,20). The molecule has 0 saturated carbocycles. The molecule has 100 valence electrons. The van der Waals surface area contributed by atoms with Gasteiger partial charge >= 0.3 is 5.97 Å². The van der Waals surface area contributed by atoms with E-state index in [-0.39, 0.29) is 6.42 Å². The lowest BCUT2D eigenvalue weighted by Crippen LogP contribution is -1.99. The minimum atomic E-state index is -0.889. The first-order chi connectivity index (χ1) is 9.61. The maximum absolute atomic E-state index is 10.7. The molecule has 0 fully saturated rings. The first-order valence-electron chi connectivity index (χ1n) is 6.24. The highest BCUT2D eigenvalue weighted by molar-refractivity contribution is 5.70. The van der Waals surface area contributed by atoms with Crippen molar-refractivity contribution in [2.24, 2.45) is 0 Å². The minimum absolute atomic E-state index is 0.0818. The molecule has 2 heterocycles. The van der Waals surface area contributed by atoms with Gasteiger partial charge in [-0.05, 0) is 6.92 Å². The molecule has 20 heavy (non-hydrogen) atoms.